The van der Waals surface area contributed by atoms with E-state index in [9.17, 15) is 27.9 Å². The fraction of sp³-hybridized carbons (Fsp3) is 0.107. The number of rotatable bonds is 8. The highest BCUT2D eigenvalue weighted by atomic mass is 35.5. The molecule has 0 aliphatic carbocycles. The van der Waals surface area contributed by atoms with Gasteiger partial charge in [0.2, 0.25) is 5.91 Å². The van der Waals surface area contributed by atoms with Gasteiger partial charge in [0.15, 0.2) is 0 Å². The molecule has 2 N–H and O–H groups in total. The van der Waals surface area contributed by atoms with E-state index in [2.05, 4.69) is 10.4 Å². The number of hydrogen-bond donors (Lipinski definition) is 2. The Hall–Kier alpha value is -4.37. The number of amides is 1. The molecule has 1 unspecified atom stereocenters. The number of carboxylic acids is 1. The van der Waals surface area contributed by atoms with Gasteiger partial charge in [-0.15, -0.1) is 0 Å². The molecule has 1 amide bonds. The Balaban J connectivity index is 1.65. The predicted octanol–water partition coefficient (Wildman–Crippen LogP) is 6.04. The Labute approximate surface area is 221 Å². The van der Waals surface area contributed by atoms with Crippen molar-refractivity contribution < 1.29 is 27.9 Å². The molecule has 0 saturated carbocycles. The van der Waals surface area contributed by atoms with Crippen LogP contribution in [0.1, 0.15) is 16.7 Å². The summed E-state index contributed by atoms with van der Waals surface area (Å²) in [5, 5.41) is 16.0. The normalized spacial score (nSPS) is 12.4. The van der Waals surface area contributed by atoms with E-state index in [1.54, 1.807) is 60.8 Å². The van der Waals surface area contributed by atoms with E-state index < -0.39 is 34.7 Å². The van der Waals surface area contributed by atoms with Crippen molar-refractivity contribution in [1.82, 2.24) is 15.1 Å². The van der Waals surface area contributed by atoms with Crippen molar-refractivity contribution in [1.29, 1.82) is 0 Å². The van der Waals surface area contributed by atoms with Crippen LogP contribution >= 0.6 is 11.6 Å². The topological polar surface area (TPSA) is 84.2 Å². The number of para-hydroxylation sites is 1. The van der Waals surface area contributed by atoms with E-state index in [0.29, 0.717) is 11.3 Å². The number of carbonyl (C=O) groups excluding carboxylic acids is 1. The molecule has 1 heterocycles. The summed E-state index contributed by atoms with van der Waals surface area (Å²) in [6, 6.07) is 20.0. The molecule has 4 rings (SSSR count). The molecule has 194 valence electrons. The number of hydrogen-bond acceptors (Lipinski definition) is 3. The monoisotopic (exact) mass is 539 g/mol. The highest BCUT2D eigenvalue weighted by Gasteiger charge is 2.33. The zero-order valence-electron chi connectivity index (χ0n) is 19.7. The van der Waals surface area contributed by atoms with Gasteiger partial charge >= 0.3 is 12.1 Å². The first-order chi connectivity index (χ1) is 18.1. The third-order valence-corrected chi connectivity index (χ3v) is 5.95. The average Bonchev–Trinajstić information content (AvgIpc) is 3.32. The largest absolute Gasteiger partial charge is 0.480 e. The Kier molecular flexibility index (Phi) is 7.97. The second-order valence-electron chi connectivity index (χ2n) is 8.33. The first-order valence-electron chi connectivity index (χ1n) is 11.4. The molecular formula is C28H21ClF3N3O3. The van der Waals surface area contributed by atoms with Gasteiger partial charge in [0.25, 0.3) is 0 Å². The van der Waals surface area contributed by atoms with Crippen molar-refractivity contribution in [2.45, 2.75) is 18.6 Å². The molecule has 0 aliphatic rings. The van der Waals surface area contributed by atoms with Crippen LogP contribution in [0, 0.1) is 0 Å². The average molecular weight is 540 g/mol. The van der Waals surface area contributed by atoms with Crippen LogP contribution in [0.15, 0.2) is 91.1 Å². The molecule has 4 aromatic rings. The molecule has 38 heavy (non-hydrogen) atoms. The maximum Gasteiger partial charge on any atom is 0.417 e. The van der Waals surface area contributed by atoms with Crippen molar-refractivity contribution >= 4 is 29.6 Å². The summed E-state index contributed by atoms with van der Waals surface area (Å²) in [5.41, 5.74) is 1.04. The summed E-state index contributed by atoms with van der Waals surface area (Å²) >= 11 is 5.78. The molecular weight excluding hydrogens is 519 g/mol. The van der Waals surface area contributed by atoms with Crippen molar-refractivity contribution in [2.24, 2.45) is 0 Å². The summed E-state index contributed by atoms with van der Waals surface area (Å²) in [5.74, 6) is -1.88. The van der Waals surface area contributed by atoms with Gasteiger partial charge in [-0.1, -0.05) is 66.2 Å². The molecule has 1 atom stereocenters. The van der Waals surface area contributed by atoms with E-state index in [1.807, 2.05) is 6.07 Å². The minimum absolute atomic E-state index is 0.0813. The van der Waals surface area contributed by atoms with Crippen LogP contribution in [0.25, 0.3) is 23.0 Å². The standard InChI is InChI=1S/C28H21ClF3N3O3/c29-23-13-11-19(16-22(23)28(30,31)32)26-20(17-35(34-26)21-9-5-2-6-10-21)12-14-25(36)33-24(27(37)38)15-18-7-3-1-4-8-18/h1-14,16-17,24H,15H2,(H,33,36)(H,37,38)/b14-12+. The number of aromatic nitrogens is 2. The fourth-order valence-electron chi connectivity index (χ4n) is 3.77. The molecule has 0 radical (unpaired) electrons. The lowest BCUT2D eigenvalue weighted by Gasteiger charge is -2.13. The second-order valence-corrected chi connectivity index (χ2v) is 8.74. The third-order valence-electron chi connectivity index (χ3n) is 5.62. The number of nitrogens with one attached hydrogen (secondary N) is 1. The van der Waals surface area contributed by atoms with Crippen LogP contribution in [0.4, 0.5) is 13.2 Å². The summed E-state index contributed by atoms with van der Waals surface area (Å²) in [6.45, 7) is 0. The van der Waals surface area contributed by atoms with Crippen molar-refractivity contribution in [2.75, 3.05) is 0 Å². The lowest BCUT2D eigenvalue weighted by molar-refractivity contribution is -0.141. The summed E-state index contributed by atoms with van der Waals surface area (Å²) < 4.78 is 41.9. The molecule has 3 aromatic carbocycles. The molecule has 0 spiro atoms. The number of aliphatic carboxylic acids is 1. The molecule has 0 fully saturated rings. The number of halogens is 4. The van der Waals surface area contributed by atoms with E-state index in [1.165, 1.54) is 16.8 Å². The Morgan fingerprint density at radius 2 is 1.68 bits per heavy atom. The minimum atomic E-state index is -4.67. The van der Waals surface area contributed by atoms with Crippen LogP contribution in [0.2, 0.25) is 5.02 Å². The fourth-order valence-corrected chi connectivity index (χ4v) is 4.00. The second kappa shape index (κ2) is 11.4. The van der Waals surface area contributed by atoms with Gasteiger partial charge in [0.05, 0.1) is 22.0 Å². The highest BCUT2D eigenvalue weighted by Crippen LogP contribution is 2.37. The predicted molar refractivity (Wildman–Crippen MR) is 138 cm³/mol. The molecule has 1 aromatic heterocycles. The van der Waals surface area contributed by atoms with Gasteiger partial charge < -0.3 is 10.4 Å². The van der Waals surface area contributed by atoms with Crippen LogP contribution in [-0.4, -0.2) is 32.8 Å². The maximum atomic E-state index is 13.5. The van der Waals surface area contributed by atoms with Crippen LogP contribution in [-0.2, 0) is 22.2 Å². The van der Waals surface area contributed by atoms with Gasteiger partial charge in [-0.3, -0.25) is 4.79 Å². The van der Waals surface area contributed by atoms with E-state index in [4.69, 9.17) is 11.6 Å². The smallest absolute Gasteiger partial charge is 0.417 e. The molecule has 10 heteroatoms. The number of nitrogens with zero attached hydrogens (tertiary/aromatic N) is 2. The van der Waals surface area contributed by atoms with Crippen molar-refractivity contribution in [3.05, 3.63) is 113 Å². The lowest BCUT2D eigenvalue weighted by Crippen LogP contribution is -2.41. The SMILES string of the molecule is O=C(/C=C/c1cn(-c2ccccc2)nc1-c1ccc(Cl)c(C(F)(F)F)c1)NC(Cc1ccccc1)C(=O)O. The first-order valence-corrected chi connectivity index (χ1v) is 11.8. The Bertz CT molecular complexity index is 1470. The van der Waals surface area contributed by atoms with E-state index in [-0.39, 0.29) is 17.7 Å². The van der Waals surface area contributed by atoms with Crippen molar-refractivity contribution in [3.8, 4) is 16.9 Å². The lowest BCUT2D eigenvalue weighted by atomic mass is 10.0. The van der Waals surface area contributed by atoms with Crippen molar-refractivity contribution in [3.63, 3.8) is 0 Å². The quantitative estimate of drug-likeness (QED) is 0.268. The first kappa shape index (κ1) is 26.7. The Morgan fingerprint density at radius 3 is 2.32 bits per heavy atom. The number of carbonyl (C=O) groups is 2. The van der Waals surface area contributed by atoms with Gasteiger partial charge in [0, 0.05) is 29.8 Å². The summed E-state index contributed by atoms with van der Waals surface area (Å²) in [6.07, 6.45) is -0.528. The van der Waals surface area contributed by atoms with Gasteiger partial charge in [-0.2, -0.15) is 18.3 Å². The van der Waals surface area contributed by atoms with E-state index >= 15 is 0 Å². The number of alkyl halides is 3. The summed E-state index contributed by atoms with van der Waals surface area (Å²) in [4.78, 5) is 24.3. The van der Waals surface area contributed by atoms with Gasteiger partial charge in [-0.05, 0) is 35.9 Å². The minimum Gasteiger partial charge on any atom is -0.480 e. The maximum absolute atomic E-state index is 13.5. The van der Waals surface area contributed by atoms with Gasteiger partial charge in [-0.25, -0.2) is 9.48 Å². The summed E-state index contributed by atoms with van der Waals surface area (Å²) in [7, 11) is 0. The highest BCUT2D eigenvalue weighted by molar-refractivity contribution is 6.31. The zero-order valence-corrected chi connectivity index (χ0v) is 20.4. The molecule has 0 saturated heterocycles. The van der Waals surface area contributed by atoms with Crippen LogP contribution in [0.5, 0.6) is 0 Å². The third kappa shape index (κ3) is 6.49. The van der Waals surface area contributed by atoms with Crippen LogP contribution in [0.3, 0.4) is 0 Å². The zero-order chi connectivity index (χ0) is 27.3. The van der Waals surface area contributed by atoms with Gasteiger partial charge in [0.1, 0.15) is 6.04 Å². The van der Waals surface area contributed by atoms with E-state index in [0.717, 1.165) is 23.8 Å². The number of carboxylic acid groups (broad SMARTS) is 1. The Morgan fingerprint density at radius 1 is 1.03 bits per heavy atom. The molecule has 6 nitrogen and oxygen atoms in total. The van der Waals surface area contributed by atoms with Crippen LogP contribution < -0.4 is 5.32 Å². The number of benzene rings is 3. The molecule has 0 aliphatic heterocycles. The molecule has 0 bridgehead atoms.